The van der Waals surface area contributed by atoms with E-state index in [1.165, 1.54) is 4.90 Å². The van der Waals surface area contributed by atoms with Crippen LogP contribution in [0.15, 0.2) is 18.2 Å². The van der Waals surface area contributed by atoms with Gasteiger partial charge in [0.1, 0.15) is 5.82 Å². The fourth-order valence-electron chi connectivity index (χ4n) is 2.02. The zero-order chi connectivity index (χ0) is 14.2. The Morgan fingerprint density at radius 2 is 2.16 bits per heavy atom. The standard InChI is InChI=1S/C12H13FN2O4/c1-2-12(17)6-14(7-12)11(16)8-3-9(13)5-10(4-8)15(18)19/h3-5,17H,2,6-7H2,1H3. The van der Waals surface area contributed by atoms with E-state index in [1.54, 1.807) is 6.92 Å². The van der Waals surface area contributed by atoms with Crippen LogP contribution in [-0.4, -0.2) is 39.5 Å². The summed E-state index contributed by atoms with van der Waals surface area (Å²) in [6, 6.07) is 2.75. The van der Waals surface area contributed by atoms with Gasteiger partial charge in [-0.2, -0.15) is 0 Å². The molecular formula is C12H13FN2O4. The Labute approximate surface area is 108 Å². The molecule has 7 heteroatoms. The van der Waals surface area contributed by atoms with Crippen molar-refractivity contribution in [2.75, 3.05) is 13.1 Å². The van der Waals surface area contributed by atoms with Gasteiger partial charge in [-0.3, -0.25) is 14.9 Å². The normalized spacial score (nSPS) is 16.9. The van der Waals surface area contributed by atoms with Crippen LogP contribution in [-0.2, 0) is 0 Å². The number of carbonyl (C=O) groups excluding carboxylic acids is 1. The summed E-state index contributed by atoms with van der Waals surface area (Å²) in [5.41, 5.74) is -1.44. The van der Waals surface area contributed by atoms with E-state index in [1.807, 2.05) is 0 Å². The van der Waals surface area contributed by atoms with Gasteiger partial charge >= 0.3 is 0 Å². The Morgan fingerprint density at radius 1 is 1.53 bits per heavy atom. The summed E-state index contributed by atoms with van der Waals surface area (Å²) >= 11 is 0. The molecule has 0 radical (unpaired) electrons. The van der Waals surface area contributed by atoms with Gasteiger partial charge in [0.25, 0.3) is 11.6 Å². The number of nitro groups is 1. The highest BCUT2D eigenvalue weighted by molar-refractivity contribution is 5.95. The highest BCUT2D eigenvalue weighted by Crippen LogP contribution is 2.27. The molecule has 1 aliphatic rings. The number of nitrogens with zero attached hydrogens (tertiary/aromatic N) is 2. The number of rotatable bonds is 3. The maximum atomic E-state index is 13.2. The van der Waals surface area contributed by atoms with Crippen molar-refractivity contribution in [2.45, 2.75) is 18.9 Å². The zero-order valence-electron chi connectivity index (χ0n) is 10.3. The molecule has 0 unspecified atom stereocenters. The fraction of sp³-hybridized carbons (Fsp3) is 0.417. The third kappa shape index (κ3) is 2.55. The Bertz CT molecular complexity index is 541. The first-order valence-corrected chi connectivity index (χ1v) is 5.81. The van der Waals surface area contributed by atoms with E-state index in [9.17, 15) is 24.4 Å². The first-order valence-electron chi connectivity index (χ1n) is 5.81. The molecule has 1 aromatic carbocycles. The lowest BCUT2D eigenvalue weighted by Gasteiger charge is -2.46. The number of aliphatic hydroxyl groups is 1. The van der Waals surface area contributed by atoms with Gasteiger partial charge in [0.05, 0.1) is 29.7 Å². The fourth-order valence-corrected chi connectivity index (χ4v) is 2.02. The Morgan fingerprint density at radius 3 is 2.68 bits per heavy atom. The Kier molecular flexibility index (Phi) is 3.23. The van der Waals surface area contributed by atoms with Gasteiger partial charge in [-0.1, -0.05) is 6.92 Å². The second kappa shape index (κ2) is 4.58. The maximum absolute atomic E-state index is 13.2. The number of hydrogen-bond acceptors (Lipinski definition) is 4. The van der Waals surface area contributed by atoms with Gasteiger partial charge in [-0.25, -0.2) is 4.39 Å². The molecule has 0 aliphatic carbocycles. The Balaban J connectivity index is 2.19. The number of β-amino-alcohol motifs (C(OH)–C–C–N with tert-alkyl or cyclic N) is 1. The van der Waals surface area contributed by atoms with Crippen LogP contribution in [0.1, 0.15) is 23.7 Å². The third-order valence-corrected chi connectivity index (χ3v) is 3.26. The van der Waals surface area contributed by atoms with Gasteiger partial charge in [0, 0.05) is 11.6 Å². The summed E-state index contributed by atoms with van der Waals surface area (Å²) in [6.07, 6.45) is 0.514. The summed E-state index contributed by atoms with van der Waals surface area (Å²) in [5, 5.41) is 20.4. The molecule has 0 spiro atoms. The van der Waals surface area contributed by atoms with Crippen LogP contribution < -0.4 is 0 Å². The number of amides is 1. The van der Waals surface area contributed by atoms with E-state index < -0.39 is 27.9 Å². The van der Waals surface area contributed by atoms with E-state index in [4.69, 9.17) is 0 Å². The van der Waals surface area contributed by atoms with Crippen LogP contribution in [0.4, 0.5) is 10.1 Å². The predicted molar refractivity (Wildman–Crippen MR) is 64.2 cm³/mol. The van der Waals surface area contributed by atoms with Crippen molar-refractivity contribution in [1.82, 2.24) is 4.90 Å². The molecule has 0 saturated carbocycles. The number of nitro benzene ring substituents is 1. The zero-order valence-corrected chi connectivity index (χ0v) is 10.3. The molecule has 0 atom stereocenters. The molecule has 0 bridgehead atoms. The summed E-state index contributed by atoms with van der Waals surface area (Å²) in [5.74, 6) is -1.34. The topological polar surface area (TPSA) is 83.7 Å². The third-order valence-electron chi connectivity index (χ3n) is 3.26. The van der Waals surface area contributed by atoms with Crippen LogP contribution >= 0.6 is 0 Å². The molecule has 1 heterocycles. The number of likely N-dealkylation sites (tertiary alicyclic amines) is 1. The van der Waals surface area contributed by atoms with Crippen LogP contribution in [0.25, 0.3) is 0 Å². The lowest BCUT2D eigenvalue weighted by Crippen LogP contribution is -2.63. The van der Waals surface area contributed by atoms with Crippen molar-refractivity contribution in [3.63, 3.8) is 0 Å². The predicted octanol–water partition coefficient (Wildman–Crippen LogP) is 1.33. The SMILES string of the molecule is CCC1(O)CN(C(=O)c2cc(F)cc([N+](=O)[O-])c2)C1. The van der Waals surface area contributed by atoms with Crippen LogP contribution in [0.3, 0.4) is 0 Å². The van der Waals surface area contributed by atoms with Crippen molar-refractivity contribution in [1.29, 1.82) is 0 Å². The number of halogens is 1. The maximum Gasteiger partial charge on any atom is 0.273 e. The van der Waals surface area contributed by atoms with Crippen molar-refractivity contribution < 1.29 is 19.2 Å². The number of carbonyl (C=O) groups is 1. The molecule has 1 amide bonds. The van der Waals surface area contributed by atoms with Crippen LogP contribution in [0.5, 0.6) is 0 Å². The molecule has 6 nitrogen and oxygen atoms in total. The molecule has 102 valence electrons. The smallest absolute Gasteiger partial charge is 0.273 e. The average Bonchev–Trinajstić information content (AvgIpc) is 2.33. The monoisotopic (exact) mass is 268 g/mol. The largest absolute Gasteiger partial charge is 0.386 e. The molecule has 2 rings (SSSR count). The minimum absolute atomic E-state index is 0.0788. The van der Waals surface area contributed by atoms with E-state index in [-0.39, 0.29) is 18.7 Å². The van der Waals surface area contributed by atoms with Crippen LogP contribution in [0.2, 0.25) is 0 Å². The van der Waals surface area contributed by atoms with Crippen molar-refractivity contribution in [2.24, 2.45) is 0 Å². The van der Waals surface area contributed by atoms with Gasteiger partial charge in [0.15, 0.2) is 0 Å². The van der Waals surface area contributed by atoms with E-state index in [0.29, 0.717) is 6.42 Å². The molecule has 1 N–H and O–H groups in total. The van der Waals surface area contributed by atoms with Crippen molar-refractivity contribution >= 4 is 11.6 Å². The highest BCUT2D eigenvalue weighted by atomic mass is 19.1. The quantitative estimate of drug-likeness (QED) is 0.662. The first-order chi connectivity index (χ1) is 8.84. The number of non-ortho nitro benzene ring substituents is 1. The lowest BCUT2D eigenvalue weighted by atomic mass is 9.90. The molecule has 1 aliphatic heterocycles. The molecular weight excluding hydrogens is 255 g/mol. The van der Waals surface area contributed by atoms with E-state index in [2.05, 4.69) is 0 Å². The minimum Gasteiger partial charge on any atom is -0.386 e. The first kappa shape index (κ1) is 13.4. The van der Waals surface area contributed by atoms with Gasteiger partial charge < -0.3 is 10.0 Å². The minimum atomic E-state index is -0.894. The van der Waals surface area contributed by atoms with E-state index in [0.717, 1.165) is 18.2 Å². The second-order valence-electron chi connectivity index (χ2n) is 4.69. The molecule has 0 aromatic heterocycles. The molecule has 1 fully saturated rings. The lowest BCUT2D eigenvalue weighted by molar-refractivity contribution is -0.385. The summed E-state index contributed by atoms with van der Waals surface area (Å²) in [6.45, 7) is 2.12. The summed E-state index contributed by atoms with van der Waals surface area (Å²) < 4.78 is 13.2. The van der Waals surface area contributed by atoms with Gasteiger partial charge in [-0.15, -0.1) is 0 Å². The molecule has 1 aromatic rings. The molecule has 1 saturated heterocycles. The van der Waals surface area contributed by atoms with Crippen molar-refractivity contribution in [3.05, 3.63) is 39.7 Å². The Hall–Kier alpha value is -2.02. The van der Waals surface area contributed by atoms with Crippen LogP contribution in [0, 0.1) is 15.9 Å². The van der Waals surface area contributed by atoms with E-state index >= 15 is 0 Å². The average molecular weight is 268 g/mol. The summed E-state index contributed by atoms with van der Waals surface area (Å²) in [4.78, 5) is 23.2. The number of hydrogen-bond donors (Lipinski definition) is 1. The van der Waals surface area contributed by atoms with Gasteiger partial charge in [0.2, 0.25) is 0 Å². The number of benzene rings is 1. The van der Waals surface area contributed by atoms with Gasteiger partial charge in [-0.05, 0) is 12.5 Å². The highest BCUT2D eigenvalue weighted by Gasteiger charge is 2.42. The molecule has 19 heavy (non-hydrogen) atoms. The van der Waals surface area contributed by atoms with Crippen molar-refractivity contribution in [3.8, 4) is 0 Å². The summed E-state index contributed by atoms with van der Waals surface area (Å²) in [7, 11) is 0. The second-order valence-corrected chi connectivity index (χ2v) is 4.69.